The molecule has 2 atom stereocenters. The third-order valence-corrected chi connectivity index (χ3v) is 4.34. The number of likely N-dealkylation sites (N-methyl/N-ethyl adjacent to an activating group) is 1. The largest absolute Gasteiger partial charge is 0.488 e. The summed E-state index contributed by atoms with van der Waals surface area (Å²) < 4.78 is 6.17. The Balaban J connectivity index is 1.92. The van der Waals surface area contributed by atoms with E-state index in [-0.39, 0.29) is 11.8 Å². The van der Waals surface area contributed by atoms with Crippen molar-refractivity contribution in [3.8, 4) is 5.75 Å². The fourth-order valence-electron chi connectivity index (χ4n) is 3.38. The van der Waals surface area contributed by atoms with Crippen LogP contribution in [0.15, 0.2) is 54.6 Å². The second kappa shape index (κ2) is 6.63. The molecule has 0 saturated carbocycles. The van der Waals surface area contributed by atoms with Crippen molar-refractivity contribution in [3.63, 3.8) is 0 Å². The molecule has 0 aliphatic carbocycles. The van der Waals surface area contributed by atoms with Crippen LogP contribution in [0.2, 0.25) is 0 Å². The van der Waals surface area contributed by atoms with Gasteiger partial charge in [-0.15, -0.1) is 0 Å². The number of fused-ring (bicyclic) bond motifs is 1. The summed E-state index contributed by atoms with van der Waals surface area (Å²) in [7, 11) is 0. The molecular formula is C20H26N2O. The first-order valence-electron chi connectivity index (χ1n) is 8.42. The normalized spacial score (nSPS) is 20.2. The molecule has 1 heterocycles. The molecule has 2 aromatic rings. The highest BCUT2D eigenvalue weighted by molar-refractivity contribution is 5.46. The average Bonchev–Trinajstić information content (AvgIpc) is 2.54. The van der Waals surface area contributed by atoms with Crippen LogP contribution >= 0.6 is 0 Å². The fraction of sp³-hybridized carbons (Fsp3) is 0.400. The molecule has 0 radical (unpaired) electrons. The Bertz CT molecular complexity index is 639. The zero-order valence-electron chi connectivity index (χ0n) is 14.2. The number of para-hydroxylation sites is 2. The first kappa shape index (κ1) is 15.9. The van der Waals surface area contributed by atoms with Crippen LogP contribution in [0, 0.1) is 0 Å². The first-order chi connectivity index (χ1) is 11.1. The van der Waals surface area contributed by atoms with Gasteiger partial charge in [-0.1, -0.05) is 43.3 Å². The van der Waals surface area contributed by atoms with E-state index < -0.39 is 0 Å². The van der Waals surface area contributed by atoms with Gasteiger partial charge in [0.2, 0.25) is 0 Å². The number of benzene rings is 2. The lowest BCUT2D eigenvalue weighted by molar-refractivity contribution is 0.0667. The third-order valence-electron chi connectivity index (χ3n) is 4.34. The van der Waals surface area contributed by atoms with Crippen molar-refractivity contribution in [1.82, 2.24) is 5.32 Å². The van der Waals surface area contributed by atoms with E-state index in [0.717, 1.165) is 24.4 Å². The van der Waals surface area contributed by atoms with Crippen molar-refractivity contribution < 1.29 is 4.74 Å². The number of hydrogen-bond acceptors (Lipinski definition) is 3. The van der Waals surface area contributed by atoms with E-state index in [1.54, 1.807) is 0 Å². The molecule has 0 bridgehead atoms. The summed E-state index contributed by atoms with van der Waals surface area (Å²) in [6.07, 6.45) is 1.15. The van der Waals surface area contributed by atoms with Crippen molar-refractivity contribution in [2.24, 2.45) is 0 Å². The quantitative estimate of drug-likeness (QED) is 0.804. The van der Waals surface area contributed by atoms with Gasteiger partial charge >= 0.3 is 0 Å². The van der Waals surface area contributed by atoms with Gasteiger partial charge in [0.05, 0.1) is 6.17 Å². The maximum atomic E-state index is 6.17. The van der Waals surface area contributed by atoms with Crippen molar-refractivity contribution in [2.45, 2.75) is 44.9 Å². The molecule has 0 saturated heterocycles. The molecule has 1 aliphatic heterocycles. The smallest absolute Gasteiger partial charge is 0.123 e. The van der Waals surface area contributed by atoms with Crippen LogP contribution in [0.1, 0.15) is 38.7 Å². The molecule has 2 N–H and O–H groups in total. The van der Waals surface area contributed by atoms with Gasteiger partial charge < -0.3 is 10.1 Å². The van der Waals surface area contributed by atoms with Crippen LogP contribution in [0.5, 0.6) is 5.75 Å². The molecule has 0 fully saturated rings. The fourth-order valence-corrected chi connectivity index (χ4v) is 3.38. The molecule has 3 nitrogen and oxygen atoms in total. The molecule has 0 aromatic heterocycles. The zero-order valence-corrected chi connectivity index (χ0v) is 14.2. The third kappa shape index (κ3) is 3.67. The van der Waals surface area contributed by atoms with Gasteiger partial charge in [0.25, 0.3) is 0 Å². The maximum absolute atomic E-state index is 6.17. The first-order valence-corrected chi connectivity index (χ1v) is 8.42. The Morgan fingerprint density at radius 3 is 2.52 bits per heavy atom. The lowest BCUT2D eigenvalue weighted by Gasteiger charge is -2.41. The molecule has 2 aromatic carbocycles. The van der Waals surface area contributed by atoms with Gasteiger partial charge in [-0.25, -0.2) is 0 Å². The summed E-state index contributed by atoms with van der Waals surface area (Å²) in [5.74, 6) is 1.36. The Hall–Kier alpha value is -2.00. The molecule has 122 valence electrons. The van der Waals surface area contributed by atoms with E-state index in [4.69, 9.17) is 4.74 Å². The molecule has 3 rings (SSSR count). The van der Waals surface area contributed by atoms with Crippen LogP contribution in [0.25, 0.3) is 0 Å². The molecular weight excluding hydrogens is 284 g/mol. The number of ether oxygens (including phenoxy) is 1. The Kier molecular flexibility index (Phi) is 4.58. The topological polar surface area (TPSA) is 33.3 Å². The highest BCUT2D eigenvalue weighted by atomic mass is 16.5. The molecule has 0 amide bonds. The van der Waals surface area contributed by atoms with E-state index in [9.17, 15) is 0 Å². The van der Waals surface area contributed by atoms with E-state index >= 15 is 0 Å². The predicted molar refractivity (Wildman–Crippen MR) is 96.0 cm³/mol. The van der Waals surface area contributed by atoms with E-state index in [1.807, 2.05) is 12.1 Å². The highest BCUT2D eigenvalue weighted by Crippen LogP contribution is 2.42. The van der Waals surface area contributed by atoms with Gasteiger partial charge in [-0.2, -0.15) is 0 Å². The van der Waals surface area contributed by atoms with Gasteiger partial charge in [0.1, 0.15) is 11.4 Å². The standard InChI is InChI=1S/C20H26N2O/c1-4-21-19(22-15-10-6-5-7-11-15)17-14-20(2,3)23-18-13-9-8-12-16(17)18/h5-13,17,19,21-22H,4,14H2,1-3H3. The number of hydrogen-bond donors (Lipinski definition) is 2. The Morgan fingerprint density at radius 1 is 1.09 bits per heavy atom. The van der Waals surface area contributed by atoms with E-state index in [1.165, 1.54) is 5.56 Å². The Morgan fingerprint density at radius 2 is 1.78 bits per heavy atom. The average molecular weight is 310 g/mol. The summed E-state index contributed by atoms with van der Waals surface area (Å²) in [5.41, 5.74) is 2.26. The van der Waals surface area contributed by atoms with Crippen LogP contribution in [0.3, 0.4) is 0 Å². The summed E-state index contributed by atoms with van der Waals surface area (Å²) in [6, 6.07) is 18.8. The minimum Gasteiger partial charge on any atom is -0.488 e. The number of rotatable bonds is 5. The number of nitrogens with one attached hydrogen (secondary N) is 2. The molecule has 0 spiro atoms. The SMILES string of the molecule is CCNC(Nc1ccccc1)C1CC(C)(C)Oc2ccccc21. The monoisotopic (exact) mass is 310 g/mol. The highest BCUT2D eigenvalue weighted by Gasteiger charge is 2.37. The summed E-state index contributed by atoms with van der Waals surface area (Å²) in [5, 5.41) is 7.27. The van der Waals surface area contributed by atoms with Crippen molar-refractivity contribution >= 4 is 5.69 Å². The molecule has 3 heteroatoms. The van der Waals surface area contributed by atoms with Gasteiger partial charge in [-0.3, -0.25) is 5.32 Å². The van der Waals surface area contributed by atoms with Crippen LogP contribution in [-0.2, 0) is 0 Å². The second-order valence-electron chi connectivity index (χ2n) is 6.76. The van der Waals surface area contributed by atoms with Crippen molar-refractivity contribution in [1.29, 1.82) is 0 Å². The van der Waals surface area contributed by atoms with Crippen LogP contribution in [-0.4, -0.2) is 18.3 Å². The van der Waals surface area contributed by atoms with Crippen molar-refractivity contribution in [3.05, 3.63) is 60.2 Å². The van der Waals surface area contributed by atoms with E-state index in [2.05, 4.69) is 73.9 Å². The van der Waals surface area contributed by atoms with E-state index in [0.29, 0.717) is 5.92 Å². The van der Waals surface area contributed by atoms with Gasteiger partial charge in [-0.05, 0) is 45.0 Å². The maximum Gasteiger partial charge on any atom is 0.123 e. The molecule has 2 unspecified atom stereocenters. The lowest BCUT2D eigenvalue weighted by atomic mass is 9.82. The minimum absolute atomic E-state index is 0.162. The van der Waals surface area contributed by atoms with Crippen LogP contribution in [0.4, 0.5) is 5.69 Å². The number of anilines is 1. The van der Waals surface area contributed by atoms with Gasteiger partial charge in [0, 0.05) is 17.2 Å². The van der Waals surface area contributed by atoms with Gasteiger partial charge in [0.15, 0.2) is 0 Å². The predicted octanol–water partition coefficient (Wildman–Crippen LogP) is 4.38. The summed E-state index contributed by atoms with van der Waals surface area (Å²) in [4.78, 5) is 0. The summed E-state index contributed by atoms with van der Waals surface area (Å²) >= 11 is 0. The lowest BCUT2D eigenvalue weighted by Crippen LogP contribution is -2.47. The Labute approximate surface area is 139 Å². The van der Waals surface area contributed by atoms with Crippen molar-refractivity contribution in [2.75, 3.05) is 11.9 Å². The summed E-state index contributed by atoms with van der Waals surface area (Å²) in [6.45, 7) is 7.41. The molecule has 1 aliphatic rings. The zero-order chi connectivity index (χ0) is 16.3. The van der Waals surface area contributed by atoms with Crippen LogP contribution < -0.4 is 15.4 Å². The minimum atomic E-state index is -0.162. The molecule has 23 heavy (non-hydrogen) atoms. The second-order valence-corrected chi connectivity index (χ2v) is 6.76.